The van der Waals surface area contributed by atoms with Crippen molar-refractivity contribution >= 4 is 17.6 Å². The molecule has 0 saturated heterocycles. The molecule has 1 N–H and O–H groups in total. The van der Waals surface area contributed by atoms with Gasteiger partial charge in [0.2, 0.25) is 0 Å². The SMILES string of the molecule is Cc1occc1-c1nc(Cl)cc(C(=O)O)n1. The van der Waals surface area contributed by atoms with Gasteiger partial charge in [-0.1, -0.05) is 11.6 Å². The first kappa shape index (κ1) is 10.6. The van der Waals surface area contributed by atoms with E-state index >= 15 is 0 Å². The molecule has 0 spiro atoms. The van der Waals surface area contributed by atoms with Crippen LogP contribution in [0, 0.1) is 6.92 Å². The van der Waals surface area contributed by atoms with E-state index in [1.54, 1.807) is 13.0 Å². The van der Waals surface area contributed by atoms with Crippen LogP contribution >= 0.6 is 11.6 Å². The highest BCUT2D eigenvalue weighted by molar-refractivity contribution is 6.29. The molecule has 0 atom stereocenters. The van der Waals surface area contributed by atoms with Crippen LogP contribution in [0.3, 0.4) is 0 Å². The second-order valence-corrected chi connectivity index (χ2v) is 3.48. The highest BCUT2D eigenvalue weighted by Gasteiger charge is 2.13. The maximum Gasteiger partial charge on any atom is 0.354 e. The Morgan fingerprint density at radius 2 is 2.25 bits per heavy atom. The lowest BCUT2D eigenvalue weighted by atomic mass is 10.2. The molecule has 6 heteroatoms. The van der Waals surface area contributed by atoms with Crippen molar-refractivity contribution in [2.45, 2.75) is 6.92 Å². The van der Waals surface area contributed by atoms with E-state index < -0.39 is 5.97 Å². The third-order valence-corrected chi connectivity index (χ3v) is 2.21. The number of aromatic carboxylic acids is 1. The molecule has 82 valence electrons. The molecule has 0 radical (unpaired) electrons. The van der Waals surface area contributed by atoms with Gasteiger partial charge < -0.3 is 9.52 Å². The highest BCUT2D eigenvalue weighted by Crippen LogP contribution is 2.22. The summed E-state index contributed by atoms with van der Waals surface area (Å²) in [6.45, 7) is 1.74. The number of rotatable bonds is 2. The molecule has 0 aliphatic heterocycles. The van der Waals surface area contributed by atoms with E-state index in [9.17, 15) is 4.79 Å². The minimum Gasteiger partial charge on any atom is -0.477 e. The van der Waals surface area contributed by atoms with Crippen molar-refractivity contribution in [2.75, 3.05) is 0 Å². The van der Waals surface area contributed by atoms with Crippen molar-refractivity contribution < 1.29 is 14.3 Å². The van der Waals surface area contributed by atoms with Crippen LogP contribution in [-0.2, 0) is 0 Å². The molecule has 0 bridgehead atoms. The Labute approximate surface area is 95.7 Å². The Morgan fingerprint density at radius 1 is 1.50 bits per heavy atom. The Balaban J connectivity index is 2.58. The average Bonchev–Trinajstić information content (AvgIpc) is 2.63. The van der Waals surface area contributed by atoms with E-state index in [2.05, 4.69) is 9.97 Å². The first-order valence-electron chi connectivity index (χ1n) is 4.40. The number of halogens is 1. The molecule has 2 aromatic rings. The number of nitrogens with zero attached hydrogens (tertiary/aromatic N) is 2. The van der Waals surface area contributed by atoms with Gasteiger partial charge in [0.05, 0.1) is 11.8 Å². The standard InChI is InChI=1S/C10H7ClN2O3/c1-5-6(2-3-16-5)9-12-7(10(14)15)4-8(11)13-9/h2-4H,1H3,(H,14,15). The fraction of sp³-hybridized carbons (Fsp3) is 0.100. The molecule has 5 nitrogen and oxygen atoms in total. The van der Waals surface area contributed by atoms with Gasteiger partial charge in [-0.05, 0) is 13.0 Å². The van der Waals surface area contributed by atoms with Crippen LogP contribution in [0.1, 0.15) is 16.2 Å². The molecule has 2 aromatic heterocycles. The van der Waals surface area contributed by atoms with Crippen molar-refractivity contribution in [1.82, 2.24) is 9.97 Å². The molecular weight excluding hydrogens is 232 g/mol. The average molecular weight is 239 g/mol. The molecule has 2 rings (SSSR count). The molecule has 16 heavy (non-hydrogen) atoms. The summed E-state index contributed by atoms with van der Waals surface area (Å²) in [5, 5.41) is 8.91. The summed E-state index contributed by atoms with van der Waals surface area (Å²) in [5.41, 5.74) is 0.487. The Kier molecular flexibility index (Phi) is 2.62. The van der Waals surface area contributed by atoms with Crippen LogP contribution in [0.15, 0.2) is 22.8 Å². The van der Waals surface area contributed by atoms with Crippen molar-refractivity contribution in [3.05, 3.63) is 35.0 Å². The van der Waals surface area contributed by atoms with Crippen LogP contribution in [0.5, 0.6) is 0 Å². The normalized spacial score (nSPS) is 10.4. The third-order valence-electron chi connectivity index (χ3n) is 2.01. The third kappa shape index (κ3) is 1.90. The summed E-state index contributed by atoms with van der Waals surface area (Å²) in [6, 6.07) is 2.86. The molecule has 0 saturated carbocycles. The summed E-state index contributed by atoms with van der Waals surface area (Å²) < 4.78 is 5.09. The number of hydrogen-bond donors (Lipinski definition) is 1. The van der Waals surface area contributed by atoms with Gasteiger partial charge in [0, 0.05) is 6.07 Å². The van der Waals surface area contributed by atoms with Crippen molar-refractivity contribution in [3.8, 4) is 11.4 Å². The Bertz CT molecular complexity index is 551. The molecule has 0 aliphatic carbocycles. The zero-order chi connectivity index (χ0) is 11.7. The quantitative estimate of drug-likeness (QED) is 0.813. The summed E-state index contributed by atoms with van der Waals surface area (Å²) >= 11 is 5.72. The van der Waals surface area contributed by atoms with Gasteiger partial charge in [-0.3, -0.25) is 0 Å². The largest absolute Gasteiger partial charge is 0.477 e. The monoisotopic (exact) mass is 238 g/mol. The van der Waals surface area contributed by atoms with E-state index in [1.165, 1.54) is 12.3 Å². The predicted octanol–water partition coefficient (Wildman–Crippen LogP) is 2.40. The summed E-state index contributed by atoms with van der Waals surface area (Å²) in [4.78, 5) is 18.6. The number of aryl methyl sites for hydroxylation is 1. The van der Waals surface area contributed by atoms with Gasteiger partial charge in [0.25, 0.3) is 0 Å². The zero-order valence-electron chi connectivity index (χ0n) is 8.27. The van der Waals surface area contributed by atoms with Crippen molar-refractivity contribution in [2.24, 2.45) is 0 Å². The Hall–Kier alpha value is -1.88. The number of carboxylic acids is 1. The van der Waals surface area contributed by atoms with E-state index in [0.717, 1.165) is 0 Å². The first-order chi connectivity index (χ1) is 7.58. The molecule has 0 aliphatic rings. The van der Waals surface area contributed by atoms with Gasteiger partial charge in [0.1, 0.15) is 10.9 Å². The predicted molar refractivity (Wildman–Crippen MR) is 56.4 cm³/mol. The van der Waals surface area contributed by atoms with Crippen LogP contribution < -0.4 is 0 Å². The van der Waals surface area contributed by atoms with E-state index in [1.807, 2.05) is 0 Å². The molecule has 0 unspecified atom stereocenters. The summed E-state index contributed by atoms with van der Waals surface area (Å²) in [5.74, 6) is -0.290. The summed E-state index contributed by atoms with van der Waals surface area (Å²) in [6.07, 6.45) is 1.48. The van der Waals surface area contributed by atoms with Crippen LogP contribution in [0.25, 0.3) is 11.4 Å². The van der Waals surface area contributed by atoms with Gasteiger partial charge in [0.15, 0.2) is 11.5 Å². The van der Waals surface area contributed by atoms with Gasteiger partial charge in [-0.25, -0.2) is 14.8 Å². The minimum absolute atomic E-state index is 0.0861. The lowest BCUT2D eigenvalue weighted by Crippen LogP contribution is -2.03. The topological polar surface area (TPSA) is 76.2 Å². The molecule has 0 amide bonds. The maximum absolute atomic E-state index is 10.8. The zero-order valence-corrected chi connectivity index (χ0v) is 9.02. The lowest BCUT2D eigenvalue weighted by molar-refractivity contribution is 0.0690. The van der Waals surface area contributed by atoms with E-state index in [4.69, 9.17) is 21.1 Å². The molecule has 0 fully saturated rings. The van der Waals surface area contributed by atoms with Crippen molar-refractivity contribution in [1.29, 1.82) is 0 Å². The lowest BCUT2D eigenvalue weighted by Gasteiger charge is -2.00. The van der Waals surface area contributed by atoms with Crippen molar-refractivity contribution in [3.63, 3.8) is 0 Å². The fourth-order valence-electron chi connectivity index (χ4n) is 1.26. The molecule has 2 heterocycles. The second-order valence-electron chi connectivity index (χ2n) is 3.10. The van der Waals surface area contributed by atoms with Gasteiger partial charge >= 0.3 is 5.97 Å². The second kappa shape index (κ2) is 3.94. The summed E-state index contributed by atoms with van der Waals surface area (Å²) in [7, 11) is 0. The van der Waals surface area contributed by atoms with Crippen LogP contribution in [-0.4, -0.2) is 21.0 Å². The number of hydrogen-bond acceptors (Lipinski definition) is 4. The molecule has 0 aromatic carbocycles. The minimum atomic E-state index is -1.15. The van der Waals surface area contributed by atoms with E-state index in [0.29, 0.717) is 11.3 Å². The smallest absolute Gasteiger partial charge is 0.354 e. The maximum atomic E-state index is 10.8. The Morgan fingerprint density at radius 3 is 2.81 bits per heavy atom. The number of carbonyl (C=O) groups is 1. The number of aromatic nitrogens is 2. The fourth-order valence-corrected chi connectivity index (χ4v) is 1.45. The van der Waals surface area contributed by atoms with Gasteiger partial charge in [-0.15, -0.1) is 0 Å². The van der Waals surface area contributed by atoms with Crippen LogP contribution in [0.4, 0.5) is 0 Å². The van der Waals surface area contributed by atoms with E-state index in [-0.39, 0.29) is 16.7 Å². The number of carboxylic acid groups (broad SMARTS) is 1. The number of furan rings is 1. The van der Waals surface area contributed by atoms with Gasteiger partial charge in [-0.2, -0.15) is 0 Å². The van der Waals surface area contributed by atoms with Crippen LogP contribution in [0.2, 0.25) is 5.15 Å². The molecular formula is C10H7ClN2O3. The highest BCUT2D eigenvalue weighted by atomic mass is 35.5. The first-order valence-corrected chi connectivity index (χ1v) is 4.78.